The smallest absolute Gasteiger partial charge is 0.166 e. The van der Waals surface area contributed by atoms with Crippen molar-refractivity contribution in [3.8, 4) is 17.2 Å². The fourth-order valence-corrected chi connectivity index (χ4v) is 2.74. The number of benzene rings is 2. The van der Waals surface area contributed by atoms with Gasteiger partial charge in [0.1, 0.15) is 16.5 Å². The van der Waals surface area contributed by atoms with E-state index in [0.29, 0.717) is 22.2 Å². The third-order valence-electron chi connectivity index (χ3n) is 2.98. The maximum absolute atomic E-state index is 6.22. The highest BCUT2D eigenvalue weighted by Crippen LogP contribution is 2.39. The molecule has 0 radical (unpaired) electrons. The summed E-state index contributed by atoms with van der Waals surface area (Å²) in [5.74, 6) is 1.81. The van der Waals surface area contributed by atoms with E-state index < -0.39 is 0 Å². The van der Waals surface area contributed by atoms with Gasteiger partial charge in [-0.3, -0.25) is 5.43 Å². The zero-order valence-corrected chi connectivity index (χ0v) is 14.7. The van der Waals surface area contributed by atoms with Gasteiger partial charge in [-0.15, -0.1) is 0 Å². The van der Waals surface area contributed by atoms with Crippen molar-refractivity contribution in [2.45, 2.75) is 0 Å². The SMILES string of the molecule is COc1ccc(NNc2ccc(OC)c(Cl)c2OC)cc1Br. The van der Waals surface area contributed by atoms with Crippen LogP contribution >= 0.6 is 27.5 Å². The van der Waals surface area contributed by atoms with Crippen LogP contribution in [0.2, 0.25) is 5.02 Å². The van der Waals surface area contributed by atoms with E-state index >= 15 is 0 Å². The summed E-state index contributed by atoms with van der Waals surface area (Å²) in [6.45, 7) is 0. The van der Waals surface area contributed by atoms with Crippen LogP contribution in [0.15, 0.2) is 34.8 Å². The number of hydrazine groups is 1. The van der Waals surface area contributed by atoms with Crippen LogP contribution in [0.25, 0.3) is 0 Å². The molecule has 2 aromatic rings. The van der Waals surface area contributed by atoms with Crippen molar-refractivity contribution in [1.82, 2.24) is 0 Å². The molecule has 0 fully saturated rings. The van der Waals surface area contributed by atoms with Crippen molar-refractivity contribution in [2.24, 2.45) is 0 Å². The number of ether oxygens (including phenoxy) is 3. The second-order valence-electron chi connectivity index (χ2n) is 4.26. The molecule has 0 spiro atoms. The molecule has 5 nitrogen and oxygen atoms in total. The molecule has 0 heterocycles. The maximum Gasteiger partial charge on any atom is 0.166 e. The Balaban J connectivity index is 2.18. The van der Waals surface area contributed by atoms with Crippen LogP contribution in [-0.4, -0.2) is 21.3 Å². The summed E-state index contributed by atoms with van der Waals surface area (Å²) in [5, 5.41) is 0.410. The topological polar surface area (TPSA) is 51.8 Å². The van der Waals surface area contributed by atoms with E-state index in [1.807, 2.05) is 24.3 Å². The minimum Gasteiger partial charge on any atom is -0.496 e. The van der Waals surface area contributed by atoms with Crippen molar-refractivity contribution in [2.75, 3.05) is 32.2 Å². The Morgan fingerprint density at radius 2 is 1.59 bits per heavy atom. The Morgan fingerprint density at radius 3 is 2.18 bits per heavy atom. The first kappa shape index (κ1) is 16.6. The van der Waals surface area contributed by atoms with Gasteiger partial charge >= 0.3 is 0 Å². The molecule has 0 aliphatic carbocycles. The van der Waals surface area contributed by atoms with Gasteiger partial charge in [0, 0.05) is 0 Å². The molecule has 0 aliphatic heterocycles. The standard InChI is InChI=1S/C15H16BrClN2O3/c1-20-12-6-4-9(8-10(12)16)18-19-11-5-7-13(21-2)14(17)15(11)22-3/h4-8,18-19H,1-3H3. The lowest BCUT2D eigenvalue weighted by atomic mass is 10.2. The largest absolute Gasteiger partial charge is 0.496 e. The molecular weight excluding hydrogens is 372 g/mol. The number of methoxy groups -OCH3 is 3. The highest BCUT2D eigenvalue weighted by atomic mass is 79.9. The van der Waals surface area contributed by atoms with Gasteiger partial charge in [-0.05, 0) is 46.3 Å². The third kappa shape index (κ3) is 3.51. The first-order chi connectivity index (χ1) is 10.6. The van der Waals surface area contributed by atoms with Gasteiger partial charge in [-0.25, -0.2) is 0 Å². The molecule has 0 amide bonds. The summed E-state index contributed by atoms with van der Waals surface area (Å²) in [6.07, 6.45) is 0. The Bertz CT molecular complexity index is 667. The van der Waals surface area contributed by atoms with Crippen LogP contribution in [0.3, 0.4) is 0 Å². The van der Waals surface area contributed by atoms with Gasteiger partial charge in [0.15, 0.2) is 5.75 Å². The number of rotatable bonds is 6. The molecule has 7 heteroatoms. The fraction of sp³-hybridized carbons (Fsp3) is 0.200. The predicted molar refractivity (Wildman–Crippen MR) is 92.5 cm³/mol. The summed E-state index contributed by atoms with van der Waals surface area (Å²) < 4.78 is 16.5. The van der Waals surface area contributed by atoms with Crippen molar-refractivity contribution in [1.29, 1.82) is 0 Å². The molecule has 0 aromatic heterocycles. The zero-order valence-electron chi connectivity index (χ0n) is 12.4. The van der Waals surface area contributed by atoms with Gasteiger partial charge in [0.05, 0.1) is 37.2 Å². The lowest BCUT2D eigenvalue weighted by Gasteiger charge is -2.16. The van der Waals surface area contributed by atoms with Crippen LogP contribution < -0.4 is 25.1 Å². The predicted octanol–water partition coefficient (Wildman–Crippen LogP) is 4.57. The molecule has 22 heavy (non-hydrogen) atoms. The summed E-state index contributed by atoms with van der Waals surface area (Å²) >= 11 is 9.66. The van der Waals surface area contributed by atoms with Gasteiger partial charge < -0.3 is 19.6 Å². The third-order valence-corrected chi connectivity index (χ3v) is 3.96. The molecule has 0 bridgehead atoms. The van der Waals surface area contributed by atoms with E-state index in [9.17, 15) is 0 Å². The maximum atomic E-state index is 6.22. The van der Waals surface area contributed by atoms with E-state index in [1.165, 1.54) is 0 Å². The van der Waals surface area contributed by atoms with E-state index in [0.717, 1.165) is 15.9 Å². The summed E-state index contributed by atoms with van der Waals surface area (Å²) in [7, 11) is 4.73. The van der Waals surface area contributed by atoms with Crippen LogP contribution in [-0.2, 0) is 0 Å². The first-order valence-corrected chi connectivity index (χ1v) is 7.53. The van der Waals surface area contributed by atoms with Crippen LogP contribution in [0.1, 0.15) is 0 Å². The lowest BCUT2D eigenvalue weighted by molar-refractivity contribution is 0.396. The average Bonchev–Trinajstić information content (AvgIpc) is 2.53. The molecule has 118 valence electrons. The normalized spacial score (nSPS) is 10.0. The number of nitrogens with one attached hydrogen (secondary N) is 2. The molecule has 0 aliphatic rings. The Kier molecular flexibility index (Phi) is 5.63. The number of halogens is 2. The number of hydrogen-bond donors (Lipinski definition) is 2. The second-order valence-corrected chi connectivity index (χ2v) is 5.49. The molecule has 2 N–H and O–H groups in total. The van der Waals surface area contributed by atoms with Crippen molar-refractivity contribution in [3.05, 3.63) is 39.8 Å². The zero-order chi connectivity index (χ0) is 16.1. The van der Waals surface area contributed by atoms with E-state index in [1.54, 1.807) is 27.4 Å². The number of hydrogen-bond acceptors (Lipinski definition) is 5. The van der Waals surface area contributed by atoms with Crippen molar-refractivity contribution in [3.63, 3.8) is 0 Å². The highest BCUT2D eigenvalue weighted by Gasteiger charge is 2.13. The Hall–Kier alpha value is -1.79. The molecule has 2 aromatic carbocycles. The van der Waals surface area contributed by atoms with Gasteiger partial charge in [0.2, 0.25) is 0 Å². The second kappa shape index (κ2) is 7.47. The van der Waals surface area contributed by atoms with Crippen LogP contribution in [0.4, 0.5) is 11.4 Å². The van der Waals surface area contributed by atoms with Gasteiger partial charge in [0.25, 0.3) is 0 Å². The Labute approximate surface area is 142 Å². The molecule has 0 atom stereocenters. The summed E-state index contributed by atoms with van der Waals surface area (Å²) in [5.41, 5.74) is 7.68. The number of anilines is 2. The van der Waals surface area contributed by atoms with Gasteiger partial charge in [-0.2, -0.15) is 0 Å². The van der Waals surface area contributed by atoms with E-state index in [4.69, 9.17) is 25.8 Å². The van der Waals surface area contributed by atoms with Crippen molar-refractivity contribution < 1.29 is 14.2 Å². The summed E-state index contributed by atoms with van der Waals surface area (Å²) in [4.78, 5) is 0. The molecule has 0 unspecified atom stereocenters. The fourth-order valence-electron chi connectivity index (χ4n) is 1.88. The quantitative estimate of drug-likeness (QED) is 0.711. The van der Waals surface area contributed by atoms with E-state index in [2.05, 4.69) is 26.8 Å². The summed E-state index contributed by atoms with van der Waals surface area (Å²) in [6, 6.07) is 9.21. The molecular formula is C15H16BrClN2O3. The van der Waals surface area contributed by atoms with Crippen molar-refractivity contribution >= 4 is 38.9 Å². The average molecular weight is 388 g/mol. The van der Waals surface area contributed by atoms with Crippen LogP contribution in [0.5, 0.6) is 17.2 Å². The highest BCUT2D eigenvalue weighted by molar-refractivity contribution is 9.10. The van der Waals surface area contributed by atoms with Crippen LogP contribution in [0, 0.1) is 0 Å². The molecule has 2 rings (SSSR count). The minimum atomic E-state index is 0.410. The lowest BCUT2D eigenvalue weighted by Crippen LogP contribution is -2.10. The van der Waals surface area contributed by atoms with Gasteiger partial charge in [-0.1, -0.05) is 11.6 Å². The minimum absolute atomic E-state index is 0.410. The molecule has 0 saturated carbocycles. The Morgan fingerprint density at radius 1 is 0.909 bits per heavy atom. The first-order valence-electron chi connectivity index (χ1n) is 6.36. The molecule has 0 saturated heterocycles. The van der Waals surface area contributed by atoms with E-state index in [-0.39, 0.29) is 0 Å². The monoisotopic (exact) mass is 386 g/mol.